The molecule has 130 valence electrons. The zero-order chi connectivity index (χ0) is 17.8. The van der Waals surface area contributed by atoms with Gasteiger partial charge in [-0.15, -0.1) is 0 Å². The van der Waals surface area contributed by atoms with Crippen LogP contribution in [0.25, 0.3) is 0 Å². The van der Waals surface area contributed by atoms with Crippen molar-refractivity contribution in [1.29, 1.82) is 0 Å². The van der Waals surface area contributed by atoms with Gasteiger partial charge in [0.05, 0.1) is 5.56 Å². The van der Waals surface area contributed by atoms with Crippen molar-refractivity contribution in [1.82, 2.24) is 4.90 Å². The number of ether oxygens (including phenoxy) is 1. The van der Waals surface area contributed by atoms with Crippen LogP contribution in [-0.2, 0) is 28.9 Å². The Morgan fingerprint density at radius 1 is 1.12 bits per heavy atom. The molecule has 1 aliphatic carbocycles. The maximum Gasteiger partial charge on any atom is 0.338 e. The average Bonchev–Trinajstić information content (AvgIpc) is 3.08. The summed E-state index contributed by atoms with van der Waals surface area (Å²) in [6, 6.07) is 13.4. The maximum atomic E-state index is 12.2. The first-order valence-corrected chi connectivity index (χ1v) is 9.10. The van der Waals surface area contributed by atoms with Crippen LogP contribution < -0.4 is 0 Å². The Kier molecular flexibility index (Phi) is 5.53. The van der Waals surface area contributed by atoms with Gasteiger partial charge in [-0.1, -0.05) is 40.2 Å². The van der Waals surface area contributed by atoms with Crippen LogP contribution >= 0.6 is 15.9 Å². The van der Waals surface area contributed by atoms with E-state index in [0.29, 0.717) is 12.1 Å². The van der Waals surface area contributed by atoms with Crippen molar-refractivity contribution in [2.75, 3.05) is 13.7 Å². The number of nitrogens with zero attached hydrogens (tertiary/aromatic N) is 1. The molecule has 3 rings (SSSR count). The molecule has 0 aliphatic heterocycles. The van der Waals surface area contributed by atoms with Crippen LogP contribution in [-0.4, -0.2) is 30.4 Å². The lowest BCUT2D eigenvalue weighted by Gasteiger charge is -2.18. The zero-order valence-corrected chi connectivity index (χ0v) is 15.7. The van der Waals surface area contributed by atoms with Crippen molar-refractivity contribution >= 4 is 27.8 Å². The molecule has 0 fully saturated rings. The minimum atomic E-state index is -0.447. The van der Waals surface area contributed by atoms with E-state index in [4.69, 9.17) is 4.74 Å². The van der Waals surface area contributed by atoms with Crippen molar-refractivity contribution < 1.29 is 14.3 Å². The fourth-order valence-electron chi connectivity index (χ4n) is 2.99. The standard InChI is InChI=1S/C20H20BrNO3/c1-22(12-17-5-2-3-8-18(17)21)19(23)13-25-20(24)16-10-9-14-6-4-7-15(14)11-16/h2-3,5,8-11H,4,6-7,12-13H2,1H3. The van der Waals surface area contributed by atoms with E-state index >= 15 is 0 Å². The summed E-state index contributed by atoms with van der Waals surface area (Å²) in [6.07, 6.45) is 3.21. The number of aryl methyl sites for hydroxylation is 2. The van der Waals surface area contributed by atoms with Crippen molar-refractivity contribution in [3.05, 3.63) is 69.2 Å². The molecule has 1 amide bonds. The third-order valence-corrected chi connectivity index (χ3v) is 5.23. The summed E-state index contributed by atoms with van der Waals surface area (Å²) in [5.41, 5.74) is 4.04. The molecule has 0 spiro atoms. The lowest BCUT2D eigenvalue weighted by Crippen LogP contribution is -2.31. The predicted molar refractivity (Wildman–Crippen MR) is 99.4 cm³/mol. The third-order valence-electron chi connectivity index (χ3n) is 4.45. The topological polar surface area (TPSA) is 46.6 Å². The number of rotatable bonds is 5. The molecule has 0 bridgehead atoms. The highest BCUT2D eigenvalue weighted by atomic mass is 79.9. The van der Waals surface area contributed by atoms with Gasteiger partial charge in [-0.05, 0) is 54.2 Å². The van der Waals surface area contributed by atoms with Gasteiger partial charge in [-0.2, -0.15) is 0 Å². The molecule has 25 heavy (non-hydrogen) atoms. The molecule has 1 aliphatic rings. The molecule has 0 saturated carbocycles. The normalized spacial score (nSPS) is 12.6. The number of esters is 1. The van der Waals surface area contributed by atoms with Crippen LogP contribution in [0.4, 0.5) is 0 Å². The Balaban J connectivity index is 1.54. The van der Waals surface area contributed by atoms with Gasteiger partial charge in [-0.25, -0.2) is 4.79 Å². The molecule has 0 saturated heterocycles. The minimum absolute atomic E-state index is 0.231. The van der Waals surface area contributed by atoms with E-state index in [0.717, 1.165) is 29.3 Å². The summed E-state index contributed by atoms with van der Waals surface area (Å²) < 4.78 is 6.15. The van der Waals surface area contributed by atoms with Gasteiger partial charge < -0.3 is 9.64 Å². The highest BCUT2D eigenvalue weighted by Crippen LogP contribution is 2.23. The lowest BCUT2D eigenvalue weighted by atomic mass is 10.1. The van der Waals surface area contributed by atoms with Crippen LogP contribution in [0.1, 0.15) is 33.5 Å². The van der Waals surface area contributed by atoms with Gasteiger partial charge in [0.15, 0.2) is 6.61 Å². The summed E-state index contributed by atoms with van der Waals surface area (Å²) in [4.78, 5) is 26.0. The van der Waals surface area contributed by atoms with Crippen LogP contribution in [0.3, 0.4) is 0 Å². The molecule has 4 nitrogen and oxygen atoms in total. The summed E-state index contributed by atoms with van der Waals surface area (Å²) in [7, 11) is 1.70. The quantitative estimate of drug-likeness (QED) is 0.716. The summed E-state index contributed by atoms with van der Waals surface area (Å²) in [5.74, 6) is -0.678. The number of benzene rings is 2. The molecule has 2 aromatic rings. The molecule has 0 aromatic heterocycles. The number of fused-ring (bicyclic) bond motifs is 1. The number of likely N-dealkylation sites (N-methyl/N-ethyl adjacent to an activating group) is 1. The van der Waals surface area contributed by atoms with Gasteiger partial charge in [0.1, 0.15) is 0 Å². The van der Waals surface area contributed by atoms with E-state index in [-0.39, 0.29) is 12.5 Å². The Morgan fingerprint density at radius 2 is 1.88 bits per heavy atom. The molecule has 0 unspecified atom stereocenters. The van der Waals surface area contributed by atoms with Gasteiger partial charge in [0.25, 0.3) is 5.91 Å². The van der Waals surface area contributed by atoms with Crippen molar-refractivity contribution in [3.8, 4) is 0 Å². The third kappa shape index (κ3) is 4.28. The van der Waals surface area contributed by atoms with E-state index in [1.54, 1.807) is 18.0 Å². The van der Waals surface area contributed by atoms with Crippen LogP contribution in [0, 0.1) is 0 Å². The van der Waals surface area contributed by atoms with Crippen LogP contribution in [0.2, 0.25) is 0 Å². The number of hydrogen-bond donors (Lipinski definition) is 0. The maximum absolute atomic E-state index is 12.2. The van der Waals surface area contributed by atoms with E-state index in [1.807, 2.05) is 36.4 Å². The van der Waals surface area contributed by atoms with Crippen LogP contribution in [0.15, 0.2) is 46.9 Å². The van der Waals surface area contributed by atoms with Gasteiger partial charge in [-0.3, -0.25) is 4.79 Å². The first kappa shape index (κ1) is 17.7. The molecule has 0 atom stereocenters. The molecule has 0 N–H and O–H groups in total. The largest absolute Gasteiger partial charge is 0.452 e. The molecular formula is C20H20BrNO3. The molecule has 0 radical (unpaired) electrons. The number of carbonyl (C=O) groups is 2. The van der Waals surface area contributed by atoms with Crippen molar-refractivity contribution in [3.63, 3.8) is 0 Å². The van der Waals surface area contributed by atoms with Gasteiger partial charge in [0, 0.05) is 18.1 Å². The molecule has 2 aromatic carbocycles. The fourth-order valence-corrected chi connectivity index (χ4v) is 3.40. The lowest BCUT2D eigenvalue weighted by molar-refractivity contribution is -0.133. The predicted octanol–water partition coefficient (Wildman–Crippen LogP) is 3.75. The molecular weight excluding hydrogens is 382 g/mol. The Bertz CT molecular complexity index is 803. The Hall–Kier alpha value is -2.14. The SMILES string of the molecule is CN(Cc1ccccc1Br)C(=O)COC(=O)c1ccc2c(c1)CCC2. The fraction of sp³-hybridized carbons (Fsp3) is 0.300. The zero-order valence-electron chi connectivity index (χ0n) is 14.1. The Labute approximate surface area is 155 Å². The smallest absolute Gasteiger partial charge is 0.338 e. The van der Waals surface area contributed by atoms with E-state index in [2.05, 4.69) is 15.9 Å². The molecule has 5 heteroatoms. The summed E-state index contributed by atoms with van der Waals surface area (Å²) >= 11 is 3.47. The second-order valence-corrected chi connectivity index (χ2v) is 7.11. The average molecular weight is 402 g/mol. The van der Waals surface area contributed by atoms with E-state index < -0.39 is 5.97 Å². The van der Waals surface area contributed by atoms with Crippen LogP contribution in [0.5, 0.6) is 0 Å². The summed E-state index contributed by atoms with van der Waals surface area (Å²) in [5, 5.41) is 0. The van der Waals surface area contributed by atoms with E-state index in [1.165, 1.54) is 11.1 Å². The van der Waals surface area contributed by atoms with Gasteiger partial charge >= 0.3 is 5.97 Å². The summed E-state index contributed by atoms with van der Waals surface area (Å²) in [6.45, 7) is 0.202. The second-order valence-electron chi connectivity index (χ2n) is 6.25. The highest BCUT2D eigenvalue weighted by molar-refractivity contribution is 9.10. The monoisotopic (exact) mass is 401 g/mol. The highest BCUT2D eigenvalue weighted by Gasteiger charge is 2.17. The number of carbonyl (C=O) groups excluding carboxylic acids is 2. The number of halogens is 1. The van der Waals surface area contributed by atoms with Crippen molar-refractivity contribution in [2.45, 2.75) is 25.8 Å². The Morgan fingerprint density at radius 3 is 2.68 bits per heavy atom. The first-order chi connectivity index (χ1) is 12.0. The van der Waals surface area contributed by atoms with Crippen molar-refractivity contribution in [2.24, 2.45) is 0 Å². The minimum Gasteiger partial charge on any atom is -0.452 e. The molecule has 0 heterocycles. The van der Waals surface area contributed by atoms with E-state index in [9.17, 15) is 9.59 Å². The van der Waals surface area contributed by atoms with Gasteiger partial charge in [0.2, 0.25) is 0 Å². The number of hydrogen-bond acceptors (Lipinski definition) is 3. The first-order valence-electron chi connectivity index (χ1n) is 8.31. The number of amides is 1. The second kappa shape index (κ2) is 7.83.